The van der Waals surface area contributed by atoms with Crippen LogP contribution in [0, 0.1) is 0 Å². The van der Waals surface area contributed by atoms with E-state index in [9.17, 15) is 21.6 Å². The molecule has 2 atom stereocenters. The predicted octanol–water partition coefficient (Wildman–Crippen LogP) is -1.51. The molecule has 0 aromatic carbocycles. The molecule has 2 saturated heterocycles. The van der Waals surface area contributed by atoms with Gasteiger partial charge < -0.3 is 0 Å². The molecule has 0 unspecified atom stereocenters. The van der Waals surface area contributed by atoms with E-state index >= 15 is 0 Å². The van der Waals surface area contributed by atoms with Crippen molar-refractivity contribution in [1.29, 1.82) is 0 Å². The number of rotatable bonds is 8. The molecule has 0 amide bonds. The Kier molecular flexibility index (Phi) is 6.84. The summed E-state index contributed by atoms with van der Waals surface area (Å²) in [6.07, 6.45) is 1.04. The van der Waals surface area contributed by atoms with Crippen LogP contribution in [0.25, 0.3) is 0 Å². The van der Waals surface area contributed by atoms with Crippen LogP contribution in [-0.2, 0) is 24.5 Å². The zero-order valence-electron chi connectivity index (χ0n) is 16.0. The molecule has 2 heterocycles. The van der Waals surface area contributed by atoms with E-state index in [0.29, 0.717) is 12.8 Å². The molecule has 26 heavy (non-hydrogen) atoms. The number of ketones is 1. The molecule has 0 aromatic heterocycles. The summed E-state index contributed by atoms with van der Waals surface area (Å²) in [5, 5.41) is 7.13. The molecule has 2 rings (SSSR count). The second kappa shape index (κ2) is 8.19. The summed E-state index contributed by atoms with van der Waals surface area (Å²) in [5.74, 6) is 0.369. The SMILES string of the molecule is CN(C)N(CC(=O)CN([C@@H]1CCS(=O)(=O)C1)N(C)C)[C@@H]1CCS(=O)(=O)C1. The molecular formula is C15H30N4O5S2. The zero-order valence-corrected chi connectivity index (χ0v) is 17.6. The minimum Gasteiger partial charge on any atom is -0.297 e. The van der Waals surface area contributed by atoms with Gasteiger partial charge in [-0.05, 0) is 12.8 Å². The Morgan fingerprint density at radius 3 is 1.35 bits per heavy atom. The molecular weight excluding hydrogens is 380 g/mol. The molecule has 0 bridgehead atoms. The van der Waals surface area contributed by atoms with Crippen LogP contribution in [0.1, 0.15) is 12.8 Å². The summed E-state index contributed by atoms with van der Waals surface area (Å²) in [7, 11) is 1.11. The van der Waals surface area contributed by atoms with E-state index < -0.39 is 19.7 Å². The van der Waals surface area contributed by atoms with Gasteiger partial charge in [-0.1, -0.05) is 0 Å². The molecule has 0 saturated carbocycles. The van der Waals surface area contributed by atoms with Crippen molar-refractivity contribution in [2.24, 2.45) is 0 Å². The first kappa shape index (κ1) is 21.7. The van der Waals surface area contributed by atoms with Gasteiger partial charge in [0.05, 0.1) is 36.1 Å². The van der Waals surface area contributed by atoms with Crippen molar-refractivity contribution in [3.8, 4) is 0 Å². The van der Waals surface area contributed by atoms with Crippen molar-refractivity contribution in [2.75, 3.05) is 64.3 Å². The van der Waals surface area contributed by atoms with Gasteiger partial charge in [0.25, 0.3) is 0 Å². The number of hydrogen-bond acceptors (Lipinski definition) is 9. The van der Waals surface area contributed by atoms with Crippen molar-refractivity contribution < 1.29 is 21.6 Å². The lowest BCUT2D eigenvalue weighted by molar-refractivity contribution is -0.132. The molecule has 2 aliphatic heterocycles. The Morgan fingerprint density at radius 2 is 1.12 bits per heavy atom. The lowest BCUT2D eigenvalue weighted by Gasteiger charge is -2.36. The Labute approximate surface area is 156 Å². The highest BCUT2D eigenvalue weighted by Gasteiger charge is 2.36. The summed E-state index contributed by atoms with van der Waals surface area (Å²) < 4.78 is 47.0. The summed E-state index contributed by atoms with van der Waals surface area (Å²) in [5.41, 5.74) is 0. The van der Waals surface area contributed by atoms with Gasteiger partial charge in [-0.3, -0.25) is 4.79 Å². The third kappa shape index (κ3) is 5.70. The largest absolute Gasteiger partial charge is 0.297 e. The van der Waals surface area contributed by atoms with Crippen molar-refractivity contribution in [1.82, 2.24) is 20.0 Å². The van der Waals surface area contributed by atoms with Crippen molar-refractivity contribution in [3.05, 3.63) is 0 Å². The first-order chi connectivity index (χ1) is 11.9. The summed E-state index contributed by atoms with van der Waals surface area (Å²) in [4.78, 5) is 12.7. The smallest absolute Gasteiger partial charge is 0.163 e. The van der Waals surface area contributed by atoms with Crippen molar-refractivity contribution in [3.63, 3.8) is 0 Å². The fourth-order valence-corrected chi connectivity index (χ4v) is 7.07. The second-order valence-corrected chi connectivity index (χ2v) is 12.0. The van der Waals surface area contributed by atoms with E-state index in [1.165, 1.54) is 0 Å². The van der Waals surface area contributed by atoms with Crippen LogP contribution in [-0.4, -0.2) is 119 Å². The van der Waals surface area contributed by atoms with E-state index in [0.717, 1.165) is 0 Å². The molecule has 9 nitrogen and oxygen atoms in total. The fraction of sp³-hybridized carbons (Fsp3) is 0.933. The van der Waals surface area contributed by atoms with Crippen LogP contribution < -0.4 is 0 Å². The van der Waals surface area contributed by atoms with Gasteiger partial charge in [0.2, 0.25) is 0 Å². The Hall–Kier alpha value is -0.590. The van der Waals surface area contributed by atoms with Gasteiger partial charge in [-0.25, -0.2) is 36.9 Å². The van der Waals surface area contributed by atoms with E-state index in [4.69, 9.17) is 0 Å². The molecule has 0 radical (unpaired) electrons. The molecule has 0 spiro atoms. The van der Waals surface area contributed by atoms with E-state index in [2.05, 4.69) is 0 Å². The minimum absolute atomic E-state index is 0.0662. The maximum Gasteiger partial charge on any atom is 0.163 e. The number of sulfone groups is 2. The zero-order chi connectivity index (χ0) is 19.7. The van der Waals surface area contributed by atoms with Gasteiger partial charge in [-0.2, -0.15) is 0 Å². The van der Waals surface area contributed by atoms with Crippen LogP contribution in [0.2, 0.25) is 0 Å². The Morgan fingerprint density at radius 1 is 0.769 bits per heavy atom. The molecule has 0 aromatic rings. The van der Waals surface area contributed by atoms with Gasteiger partial charge >= 0.3 is 0 Å². The summed E-state index contributed by atoms with van der Waals surface area (Å²) in [6, 6.07) is -0.391. The van der Waals surface area contributed by atoms with Crippen LogP contribution >= 0.6 is 0 Å². The van der Waals surface area contributed by atoms with E-state index in [1.54, 1.807) is 48.2 Å². The lowest BCUT2D eigenvalue weighted by Crippen LogP contribution is -2.52. The van der Waals surface area contributed by atoms with Gasteiger partial charge in [-0.15, -0.1) is 0 Å². The number of hydrogen-bond donors (Lipinski definition) is 0. The fourth-order valence-electron chi connectivity index (χ4n) is 3.63. The van der Waals surface area contributed by atoms with Gasteiger partial charge in [0.1, 0.15) is 0 Å². The topological polar surface area (TPSA) is 98.3 Å². The monoisotopic (exact) mass is 410 g/mol. The highest BCUT2D eigenvalue weighted by molar-refractivity contribution is 7.91. The van der Waals surface area contributed by atoms with Crippen LogP contribution in [0.3, 0.4) is 0 Å². The van der Waals surface area contributed by atoms with E-state index in [-0.39, 0.29) is 54.0 Å². The first-order valence-corrected chi connectivity index (χ1v) is 12.3. The normalized spacial score (nSPS) is 27.8. The average Bonchev–Trinajstić information content (AvgIpc) is 3.03. The average molecular weight is 411 g/mol. The molecule has 11 heteroatoms. The number of Topliss-reactive ketones (excluding diaryl/α,β-unsaturated/α-hetero) is 1. The van der Waals surface area contributed by atoms with Crippen LogP contribution in [0.5, 0.6) is 0 Å². The number of hydrazine groups is 2. The predicted molar refractivity (Wildman–Crippen MR) is 99.9 cm³/mol. The molecule has 0 N–H and O–H groups in total. The standard InChI is InChI=1S/C15H30N4O5S2/c1-16(2)18(13-5-7-25(21,22)11-13)9-15(20)10-19(17(3)4)14-6-8-26(23,24)12-14/h13-14H,5-12H2,1-4H3/t13-,14-/m1/s1. The van der Waals surface area contributed by atoms with Gasteiger partial charge in [0.15, 0.2) is 25.5 Å². The molecule has 2 aliphatic rings. The highest BCUT2D eigenvalue weighted by Crippen LogP contribution is 2.20. The van der Waals surface area contributed by atoms with Crippen molar-refractivity contribution >= 4 is 25.5 Å². The van der Waals surface area contributed by atoms with Crippen LogP contribution in [0.4, 0.5) is 0 Å². The Bertz CT molecular complexity index is 660. The molecule has 0 aliphatic carbocycles. The maximum absolute atomic E-state index is 12.7. The van der Waals surface area contributed by atoms with Crippen molar-refractivity contribution in [2.45, 2.75) is 24.9 Å². The number of nitrogens with zero attached hydrogens (tertiary/aromatic N) is 4. The highest BCUT2D eigenvalue weighted by atomic mass is 32.2. The summed E-state index contributed by atoms with van der Waals surface area (Å²) in [6.45, 7) is 0.216. The third-order valence-corrected chi connectivity index (χ3v) is 8.46. The van der Waals surface area contributed by atoms with Gasteiger partial charge in [0, 0.05) is 40.3 Å². The molecule has 152 valence electrons. The second-order valence-electron chi connectivity index (χ2n) is 7.54. The third-order valence-electron chi connectivity index (χ3n) is 4.96. The van der Waals surface area contributed by atoms with Crippen LogP contribution in [0.15, 0.2) is 0 Å². The number of carbonyl (C=O) groups is 1. The first-order valence-electron chi connectivity index (χ1n) is 8.70. The molecule has 2 fully saturated rings. The minimum atomic E-state index is -3.04. The van der Waals surface area contributed by atoms with E-state index in [1.807, 2.05) is 0 Å². The maximum atomic E-state index is 12.7. The quantitative estimate of drug-likeness (QED) is 0.442. The lowest BCUT2D eigenvalue weighted by atomic mass is 10.2. The summed E-state index contributed by atoms with van der Waals surface area (Å²) >= 11 is 0. The number of carbonyl (C=O) groups excluding carboxylic acids is 1. The Balaban J connectivity index is 2.02.